The van der Waals surface area contributed by atoms with E-state index in [0.29, 0.717) is 33.3 Å². The van der Waals surface area contributed by atoms with Gasteiger partial charge in [-0.15, -0.1) is 0 Å². The van der Waals surface area contributed by atoms with Crippen LogP contribution in [0, 0.1) is 29.5 Å². The van der Waals surface area contributed by atoms with Gasteiger partial charge in [-0.05, 0) is 90.9 Å². The molecule has 6 atom stereocenters. The fraction of sp³-hybridized carbons (Fsp3) is 0.286. The third-order valence-electron chi connectivity index (χ3n) is 11.4. The van der Waals surface area contributed by atoms with Crippen molar-refractivity contribution in [3.05, 3.63) is 136 Å². The van der Waals surface area contributed by atoms with Crippen molar-refractivity contribution >= 4 is 46.6 Å². The summed E-state index contributed by atoms with van der Waals surface area (Å²) >= 11 is 6.39. The summed E-state index contributed by atoms with van der Waals surface area (Å²) in [5.74, 6) is -5.55. The van der Waals surface area contributed by atoms with Gasteiger partial charge in [-0.1, -0.05) is 72.6 Å². The smallest absolute Gasteiger partial charge is 0.260 e. The van der Waals surface area contributed by atoms with Crippen LogP contribution in [0.4, 0.5) is 15.8 Å². The number of hydrogen-bond acceptors (Lipinski definition) is 7. The van der Waals surface area contributed by atoms with Crippen LogP contribution in [0.3, 0.4) is 0 Å². The lowest BCUT2D eigenvalue weighted by Gasteiger charge is -2.50. The van der Waals surface area contributed by atoms with Gasteiger partial charge in [0.2, 0.25) is 11.8 Å². The maximum absolute atomic E-state index is 15.3. The number of hydrazine groups is 1. The van der Waals surface area contributed by atoms with Crippen LogP contribution in [0.1, 0.15) is 42.4 Å². The van der Waals surface area contributed by atoms with E-state index in [1.807, 2.05) is 37.3 Å². The second-order valence-corrected chi connectivity index (χ2v) is 14.5. The summed E-state index contributed by atoms with van der Waals surface area (Å²) in [4.78, 5) is 60.2. The van der Waals surface area contributed by atoms with Crippen LogP contribution in [-0.2, 0) is 31.0 Å². The summed E-state index contributed by atoms with van der Waals surface area (Å²) < 4.78 is 20.0. The topological polar surface area (TPSA) is 116 Å². The number of aliphatic hydroxyl groups is 1. The number of nitrogens with one attached hydrogen (secondary N) is 1. The first-order chi connectivity index (χ1) is 25.7. The summed E-state index contributed by atoms with van der Waals surface area (Å²) in [5.41, 5.74) is 5.23. The number of nitrogens with zero attached hydrogens (tertiary/aromatic N) is 2. The van der Waals surface area contributed by atoms with Crippen LogP contribution in [0.2, 0.25) is 5.02 Å². The van der Waals surface area contributed by atoms with Crippen molar-refractivity contribution in [3.8, 4) is 5.75 Å². The minimum absolute atomic E-state index is 0.0157. The Labute approximate surface area is 311 Å². The molecule has 0 bridgehead atoms. The Morgan fingerprint density at radius 1 is 0.887 bits per heavy atom. The molecule has 3 fully saturated rings. The third kappa shape index (κ3) is 5.46. The molecule has 4 amide bonds. The van der Waals surface area contributed by atoms with Crippen molar-refractivity contribution in [2.75, 3.05) is 23.5 Å². The Bertz CT molecular complexity index is 2140. The summed E-state index contributed by atoms with van der Waals surface area (Å²) in [6.45, 7) is 1.76. The predicted octanol–water partition coefficient (Wildman–Crippen LogP) is 6.60. The molecule has 270 valence electrons. The Hall–Kier alpha value is -5.32. The Balaban J connectivity index is 1.32. The summed E-state index contributed by atoms with van der Waals surface area (Å²) in [6.07, 6.45) is 3.17. The lowest BCUT2D eigenvalue weighted by molar-refractivity contribution is -0.138. The maximum atomic E-state index is 15.3. The van der Waals surface area contributed by atoms with E-state index < -0.39 is 52.6 Å². The van der Waals surface area contributed by atoms with Gasteiger partial charge in [0.25, 0.3) is 11.8 Å². The molecular weight excluding hydrogens is 697 g/mol. The number of hydrogen-bond donors (Lipinski definition) is 2. The lowest BCUT2D eigenvalue weighted by atomic mass is 9.49. The minimum atomic E-state index is -1.55. The molecule has 2 aliphatic heterocycles. The number of halogens is 2. The molecule has 2 saturated heterocycles. The van der Waals surface area contributed by atoms with E-state index >= 15 is 4.79 Å². The number of amides is 4. The van der Waals surface area contributed by atoms with Crippen LogP contribution in [0.5, 0.6) is 5.75 Å². The molecule has 2 heterocycles. The Morgan fingerprint density at radius 2 is 1.60 bits per heavy atom. The first kappa shape index (κ1) is 34.7. The second kappa shape index (κ2) is 13.6. The van der Waals surface area contributed by atoms with Crippen LogP contribution in [0.15, 0.2) is 109 Å². The molecule has 53 heavy (non-hydrogen) atoms. The molecule has 4 aromatic rings. The molecule has 4 aliphatic rings. The van der Waals surface area contributed by atoms with Crippen LogP contribution in [-0.4, -0.2) is 47.0 Å². The number of aryl methyl sites for hydroxylation is 1. The van der Waals surface area contributed by atoms with E-state index in [1.54, 1.807) is 48.5 Å². The number of para-hydroxylation sites is 1. The first-order valence-electron chi connectivity index (χ1n) is 17.8. The fourth-order valence-electron chi connectivity index (χ4n) is 9.14. The second-order valence-electron chi connectivity index (χ2n) is 14.0. The van der Waals surface area contributed by atoms with Crippen molar-refractivity contribution in [1.29, 1.82) is 0 Å². The number of carbonyl (C=O) groups excluding carboxylic acids is 4. The van der Waals surface area contributed by atoms with Crippen LogP contribution < -0.4 is 15.1 Å². The van der Waals surface area contributed by atoms with Gasteiger partial charge >= 0.3 is 0 Å². The van der Waals surface area contributed by atoms with Crippen molar-refractivity contribution in [2.24, 2.45) is 23.7 Å². The standard InChI is InChI=1S/C42H37ClFN3O6/c1-2-24-7-17-29(18-8-24)46-38(49)32-20-19-30-33(36(32)40(46)51)23-34-39(50)47(45-28-15-13-27(44)14-16-28)41(52)42(34,25-9-11-26(43)12-10-25)37(30)31-5-3-4-6-35(31)53-22-21-48/h3-19,32-34,36-37,45,48H,2,20-23H2,1H3/t32-,33+,34-,36-,37+,42+/m0/s1. The molecule has 1 saturated carbocycles. The number of benzene rings is 4. The zero-order valence-corrected chi connectivity index (χ0v) is 29.6. The van der Waals surface area contributed by atoms with Crippen molar-refractivity contribution in [1.82, 2.24) is 5.01 Å². The molecule has 9 nitrogen and oxygen atoms in total. The Morgan fingerprint density at radius 3 is 2.30 bits per heavy atom. The molecule has 4 aromatic carbocycles. The highest BCUT2D eigenvalue weighted by Gasteiger charge is 2.70. The number of imide groups is 2. The van der Waals surface area contributed by atoms with Crippen LogP contribution >= 0.6 is 11.6 Å². The number of aliphatic hydroxyl groups excluding tert-OH is 1. The number of rotatable bonds is 9. The third-order valence-corrected chi connectivity index (χ3v) is 11.7. The molecule has 11 heteroatoms. The van der Waals surface area contributed by atoms with Gasteiger partial charge in [-0.25, -0.2) is 4.39 Å². The lowest BCUT2D eigenvalue weighted by Crippen LogP contribution is -2.53. The zero-order valence-electron chi connectivity index (χ0n) is 28.9. The summed E-state index contributed by atoms with van der Waals surface area (Å²) in [5, 5.41) is 11.2. The quantitative estimate of drug-likeness (QED) is 0.147. The SMILES string of the molecule is CCc1ccc(N2C(=O)[C@H]3[C@H](CC=C4[C@H]3C[C@H]3C(=O)N(Nc5ccc(F)cc5)C(=O)[C@@]3(c3ccc(Cl)cc3)[C@H]4c3ccccc3OCCO)C2=O)cc1. The van der Waals surface area contributed by atoms with Gasteiger partial charge in [0.15, 0.2) is 0 Å². The minimum Gasteiger partial charge on any atom is -0.491 e. The van der Waals surface area contributed by atoms with E-state index in [-0.39, 0.29) is 37.9 Å². The summed E-state index contributed by atoms with van der Waals surface area (Å²) in [7, 11) is 0. The van der Waals surface area contributed by atoms with Gasteiger partial charge in [-0.3, -0.25) is 29.5 Å². The molecule has 0 spiro atoms. The van der Waals surface area contributed by atoms with Gasteiger partial charge in [0.05, 0.1) is 41.2 Å². The largest absolute Gasteiger partial charge is 0.491 e. The van der Waals surface area contributed by atoms with E-state index in [9.17, 15) is 23.9 Å². The zero-order chi connectivity index (χ0) is 37.0. The van der Waals surface area contributed by atoms with Crippen molar-refractivity contribution in [2.45, 2.75) is 37.5 Å². The molecule has 2 N–H and O–H groups in total. The first-order valence-corrected chi connectivity index (χ1v) is 18.2. The van der Waals surface area contributed by atoms with Gasteiger partial charge < -0.3 is 9.84 Å². The van der Waals surface area contributed by atoms with E-state index in [1.165, 1.54) is 29.2 Å². The highest BCUT2D eigenvalue weighted by molar-refractivity contribution is 6.30. The molecule has 0 unspecified atom stereocenters. The number of fused-ring (bicyclic) bond motifs is 4. The molecule has 2 aliphatic carbocycles. The highest BCUT2D eigenvalue weighted by atomic mass is 35.5. The van der Waals surface area contributed by atoms with Gasteiger partial charge in [0.1, 0.15) is 18.2 Å². The average Bonchev–Trinajstić information content (AvgIpc) is 3.56. The van der Waals surface area contributed by atoms with Gasteiger partial charge in [-0.2, -0.15) is 5.01 Å². The Kier molecular flexibility index (Phi) is 8.91. The fourth-order valence-corrected chi connectivity index (χ4v) is 9.27. The number of anilines is 2. The van der Waals surface area contributed by atoms with E-state index in [0.717, 1.165) is 22.6 Å². The normalized spacial score (nSPS) is 26.3. The van der Waals surface area contributed by atoms with E-state index in [4.69, 9.17) is 16.3 Å². The highest BCUT2D eigenvalue weighted by Crippen LogP contribution is 2.65. The molecule has 0 aromatic heterocycles. The molecular formula is C42H37ClFN3O6. The number of carbonyl (C=O) groups is 4. The number of allylic oxidation sites excluding steroid dienone is 2. The molecule has 0 radical (unpaired) electrons. The van der Waals surface area contributed by atoms with E-state index in [2.05, 4.69) is 5.43 Å². The van der Waals surface area contributed by atoms with Crippen LogP contribution in [0.25, 0.3) is 0 Å². The molecule has 8 rings (SSSR count). The maximum Gasteiger partial charge on any atom is 0.260 e. The predicted molar refractivity (Wildman–Crippen MR) is 196 cm³/mol. The number of ether oxygens (including phenoxy) is 1. The van der Waals surface area contributed by atoms with Crippen molar-refractivity contribution in [3.63, 3.8) is 0 Å². The monoisotopic (exact) mass is 733 g/mol. The summed E-state index contributed by atoms with van der Waals surface area (Å²) in [6, 6.07) is 26.8. The average molecular weight is 734 g/mol. The van der Waals surface area contributed by atoms with Crippen molar-refractivity contribution < 1.29 is 33.4 Å². The van der Waals surface area contributed by atoms with Gasteiger partial charge in [0, 0.05) is 16.5 Å².